The van der Waals surface area contributed by atoms with Gasteiger partial charge >= 0.3 is 0 Å². The van der Waals surface area contributed by atoms with Crippen LogP contribution in [0.25, 0.3) is 0 Å². The van der Waals surface area contributed by atoms with Crippen molar-refractivity contribution >= 4 is 11.6 Å². The van der Waals surface area contributed by atoms with Crippen LogP contribution < -0.4 is 10.5 Å². The van der Waals surface area contributed by atoms with Crippen LogP contribution in [0.3, 0.4) is 0 Å². The first-order valence-electron chi connectivity index (χ1n) is 6.92. The van der Waals surface area contributed by atoms with Gasteiger partial charge in [0, 0.05) is 13.1 Å². The van der Waals surface area contributed by atoms with Gasteiger partial charge in [0.05, 0.1) is 18.4 Å². The molecule has 2 rings (SSSR count). The third-order valence-electron chi connectivity index (χ3n) is 4.04. The topological polar surface area (TPSA) is 58.8 Å². The standard InChI is InChI=1S/C15H23N3O2/c1-17-9-7-11(8-10-17)18(2)15(19)12-5-4-6-13(16)14(12)20-3/h4-6,11H,7-10,16H2,1-3H3. The van der Waals surface area contributed by atoms with E-state index in [4.69, 9.17) is 10.5 Å². The van der Waals surface area contributed by atoms with Crippen LogP contribution in [0.2, 0.25) is 0 Å². The molecule has 5 heteroatoms. The smallest absolute Gasteiger partial charge is 0.257 e. The average Bonchev–Trinajstić information content (AvgIpc) is 2.46. The second-order valence-corrected chi connectivity index (χ2v) is 5.38. The van der Waals surface area contributed by atoms with Crippen LogP contribution in [0.4, 0.5) is 5.69 Å². The fourth-order valence-corrected chi connectivity index (χ4v) is 2.69. The summed E-state index contributed by atoms with van der Waals surface area (Å²) in [6, 6.07) is 5.58. The molecular weight excluding hydrogens is 254 g/mol. The van der Waals surface area contributed by atoms with Gasteiger partial charge in [-0.25, -0.2) is 0 Å². The first-order valence-corrected chi connectivity index (χ1v) is 6.92. The summed E-state index contributed by atoms with van der Waals surface area (Å²) >= 11 is 0. The molecule has 1 amide bonds. The molecule has 0 atom stereocenters. The number of nitrogen functional groups attached to an aromatic ring is 1. The fourth-order valence-electron chi connectivity index (χ4n) is 2.69. The van der Waals surface area contributed by atoms with Crippen molar-refractivity contribution in [3.05, 3.63) is 23.8 Å². The van der Waals surface area contributed by atoms with E-state index in [9.17, 15) is 4.79 Å². The molecule has 0 unspecified atom stereocenters. The van der Waals surface area contributed by atoms with Crippen molar-refractivity contribution < 1.29 is 9.53 Å². The molecule has 1 heterocycles. The number of para-hydroxylation sites is 1. The zero-order valence-electron chi connectivity index (χ0n) is 12.4. The molecule has 0 radical (unpaired) electrons. The molecule has 0 aromatic heterocycles. The highest BCUT2D eigenvalue weighted by Crippen LogP contribution is 2.28. The predicted octanol–water partition coefficient (Wildman–Crippen LogP) is 1.44. The van der Waals surface area contributed by atoms with E-state index in [-0.39, 0.29) is 11.9 Å². The molecule has 0 spiro atoms. The van der Waals surface area contributed by atoms with Gasteiger partial charge in [-0.05, 0) is 45.1 Å². The summed E-state index contributed by atoms with van der Waals surface area (Å²) in [7, 11) is 5.51. The molecule has 1 saturated heterocycles. The Labute approximate surface area is 120 Å². The van der Waals surface area contributed by atoms with E-state index in [1.54, 1.807) is 18.2 Å². The molecule has 20 heavy (non-hydrogen) atoms. The highest BCUT2D eigenvalue weighted by atomic mass is 16.5. The lowest BCUT2D eigenvalue weighted by molar-refractivity contribution is 0.0656. The summed E-state index contributed by atoms with van der Waals surface area (Å²) in [4.78, 5) is 16.7. The molecule has 0 bridgehead atoms. The molecule has 5 nitrogen and oxygen atoms in total. The summed E-state index contributed by atoms with van der Waals surface area (Å²) in [5, 5.41) is 0. The number of carbonyl (C=O) groups excluding carboxylic acids is 1. The number of hydrogen-bond acceptors (Lipinski definition) is 4. The van der Waals surface area contributed by atoms with Crippen molar-refractivity contribution in [3.8, 4) is 5.75 Å². The second-order valence-electron chi connectivity index (χ2n) is 5.38. The monoisotopic (exact) mass is 277 g/mol. The highest BCUT2D eigenvalue weighted by molar-refractivity contribution is 5.98. The molecule has 1 aromatic carbocycles. The normalized spacial score (nSPS) is 16.9. The van der Waals surface area contributed by atoms with E-state index < -0.39 is 0 Å². The van der Waals surface area contributed by atoms with E-state index in [2.05, 4.69) is 11.9 Å². The minimum absolute atomic E-state index is 0.0243. The van der Waals surface area contributed by atoms with Gasteiger partial charge in [0.2, 0.25) is 0 Å². The van der Waals surface area contributed by atoms with Crippen molar-refractivity contribution in [2.24, 2.45) is 0 Å². The SMILES string of the molecule is COc1c(N)cccc1C(=O)N(C)C1CCN(C)CC1. The van der Waals surface area contributed by atoms with E-state index in [0.29, 0.717) is 17.0 Å². The Hall–Kier alpha value is -1.75. The number of nitrogens with two attached hydrogens (primary N) is 1. The molecule has 110 valence electrons. The summed E-state index contributed by atoms with van der Waals surface area (Å²) in [5.74, 6) is 0.445. The maximum Gasteiger partial charge on any atom is 0.257 e. The van der Waals surface area contributed by atoms with Crippen molar-refractivity contribution in [1.82, 2.24) is 9.80 Å². The lowest BCUT2D eigenvalue weighted by Crippen LogP contribution is -2.44. The first-order chi connectivity index (χ1) is 9.54. The van der Waals surface area contributed by atoms with E-state index in [0.717, 1.165) is 25.9 Å². The van der Waals surface area contributed by atoms with Crippen LogP contribution in [0.5, 0.6) is 5.75 Å². The van der Waals surface area contributed by atoms with Crippen LogP contribution in [0, 0.1) is 0 Å². The molecular formula is C15H23N3O2. The number of hydrogen-bond donors (Lipinski definition) is 1. The molecule has 1 fully saturated rings. The highest BCUT2D eigenvalue weighted by Gasteiger charge is 2.26. The number of benzene rings is 1. The third kappa shape index (κ3) is 2.88. The van der Waals surface area contributed by atoms with Crippen LogP contribution >= 0.6 is 0 Å². The Kier molecular flexibility index (Phi) is 4.49. The maximum atomic E-state index is 12.6. The molecule has 1 aliphatic rings. The Balaban J connectivity index is 2.16. The quantitative estimate of drug-likeness (QED) is 0.849. The number of methoxy groups -OCH3 is 1. The van der Waals surface area contributed by atoms with Crippen LogP contribution in [-0.2, 0) is 0 Å². The van der Waals surface area contributed by atoms with Gasteiger partial charge in [0.1, 0.15) is 0 Å². The zero-order valence-corrected chi connectivity index (χ0v) is 12.4. The number of anilines is 1. The number of likely N-dealkylation sites (tertiary alicyclic amines) is 1. The summed E-state index contributed by atoms with van der Waals surface area (Å²) in [6.07, 6.45) is 2.01. The van der Waals surface area contributed by atoms with E-state index >= 15 is 0 Å². The van der Waals surface area contributed by atoms with Gasteiger partial charge in [0.25, 0.3) is 5.91 Å². The van der Waals surface area contributed by atoms with Gasteiger partial charge in [-0.15, -0.1) is 0 Å². The Bertz CT molecular complexity index is 482. The lowest BCUT2D eigenvalue weighted by atomic mass is 10.0. The number of ether oxygens (including phenoxy) is 1. The predicted molar refractivity (Wildman–Crippen MR) is 80.0 cm³/mol. The van der Waals surface area contributed by atoms with Gasteiger partial charge in [-0.3, -0.25) is 4.79 Å². The molecule has 0 aliphatic carbocycles. The summed E-state index contributed by atoms with van der Waals surface area (Å²) in [5.41, 5.74) is 6.90. The molecule has 1 aliphatic heterocycles. The number of rotatable bonds is 3. The maximum absolute atomic E-state index is 12.6. The van der Waals surface area contributed by atoms with Crippen LogP contribution in [0.15, 0.2) is 18.2 Å². The molecule has 1 aromatic rings. The van der Waals surface area contributed by atoms with Crippen molar-refractivity contribution in [3.63, 3.8) is 0 Å². The number of piperidine rings is 1. The van der Waals surface area contributed by atoms with Crippen molar-refractivity contribution in [2.45, 2.75) is 18.9 Å². The number of amides is 1. The van der Waals surface area contributed by atoms with Crippen LogP contribution in [-0.4, -0.2) is 56.0 Å². The third-order valence-corrected chi connectivity index (χ3v) is 4.04. The summed E-state index contributed by atoms with van der Waals surface area (Å²) < 4.78 is 5.27. The lowest BCUT2D eigenvalue weighted by Gasteiger charge is -2.35. The largest absolute Gasteiger partial charge is 0.494 e. The van der Waals surface area contributed by atoms with E-state index in [1.807, 2.05) is 11.9 Å². The minimum Gasteiger partial charge on any atom is -0.494 e. The first kappa shape index (κ1) is 14.7. The summed E-state index contributed by atoms with van der Waals surface area (Å²) in [6.45, 7) is 2.05. The molecule has 2 N–H and O–H groups in total. The van der Waals surface area contributed by atoms with Gasteiger partial charge in [0.15, 0.2) is 5.75 Å². The second kappa shape index (κ2) is 6.13. The Morgan fingerprint density at radius 1 is 1.40 bits per heavy atom. The van der Waals surface area contributed by atoms with Gasteiger partial charge < -0.3 is 20.3 Å². The van der Waals surface area contributed by atoms with Gasteiger partial charge in [-0.1, -0.05) is 6.07 Å². The number of nitrogens with zero attached hydrogens (tertiary/aromatic N) is 2. The van der Waals surface area contributed by atoms with Crippen molar-refractivity contribution in [1.29, 1.82) is 0 Å². The van der Waals surface area contributed by atoms with Crippen molar-refractivity contribution in [2.75, 3.05) is 40.0 Å². The van der Waals surface area contributed by atoms with E-state index in [1.165, 1.54) is 7.11 Å². The molecule has 0 saturated carbocycles. The Morgan fingerprint density at radius 2 is 2.05 bits per heavy atom. The minimum atomic E-state index is -0.0243. The Morgan fingerprint density at radius 3 is 2.65 bits per heavy atom. The van der Waals surface area contributed by atoms with Gasteiger partial charge in [-0.2, -0.15) is 0 Å². The fraction of sp³-hybridized carbons (Fsp3) is 0.533. The van der Waals surface area contributed by atoms with Crippen LogP contribution in [0.1, 0.15) is 23.2 Å². The average molecular weight is 277 g/mol. The number of carbonyl (C=O) groups is 1. The zero-order chi connectivity index (χ0) is 14.7.